The number of carbonyl (C=O) groups excluding carboxylic acids is 3. The first kappa shape index (κ1) is 24.2. The molecule has 3 saturated heterocycles. The Morgan fingerprint density at radius 3 is 2.60 bits per heavy atom. The minimum Gasteiger partial charge on any atom is -0.395 e. The number of amides is 3. The van der Waals surface area contributed by atoms with Gasteiger partial charge in [-0.2, -0.15) is 0 Å². The number of aliphatic hydroxyl groups is 1. The van der Waals surface area contributed by atoms with E-state index in [2.05, 4.69) is 26.6 Å². The van der Waals surface area contributed by atoms with E-state index < -0.39 is 35.5 Å². The zero-order chi connectivity index (χ0) is 24.9. The molecule has 0 aromatic heterocycles. The number of aliphatic hydroxyl groups excluding tert-OH is 1. The van der Waals surface area contributed by atoms with Crippen LogP contribution >= 0.6 is 27.5 Å². The molecule has 3 fully saturated rings. The fourth-order valence-electron chi connectivity index (χ4n) is 5.81. The van der Waals surface area contributed by atoms with Crippen molar-refractivity contribution >= 4 is 56.6 Å². The molecule has 0 radical (unpaired) electrons. The van der Waals surface area contributed by atoms with Gasteiger partial charge in [0.05, 0.1) is 35.3 Å². The molecule has 0 aliphatic carbocycles. The van der Waals surface area contributed by atoms with Crippen molar-refractivity contribution < 1.29 is 24.2 Å². The normalized spacial score (nSPS) is 30.9. The highest BCUT2D eigenvalue weighted by Gasteiger charge is 2.76. The number of hydrogen-bond donors (Lipinski definition) is 3. The van der Waals surface area contributed by atoms with Gasteiger partial charge in [-0.1, -0.05) is 57.9 Å². The molecule has 3 aliphatic rings. The van der Waals surface area contributed by atoms with Crippen LogP contribution in [-0.4, -0.2) is 63.5 Å². The number of β-amino-alcohol motifs (C(OH)–C–C–N with tert-alkyl or cyclic N) is 1. The molecule has 2 aromatic rings. The highest BCUT2D eigenvalue weighted by atomic mass is 79.9. The number of ether oxygens (including phenoxy) is 1. The van der Waals surface area contributed by atoms with Gasteiger partial charge in [0.2, 0.25) is 17.7 Å². The van der Waals surface area contributed by atoms with Crippen molar-refractivity contribution in [3.63, 3.8) is 0 Å². The van der Waals surface area contributed by atoms with Gasteiger partial charge in [-0.3, -0.25) is 14.4 Å². The molecule has 35 heavy (non-hydrogen) atoms. The first-order chi connectivity index (χ1) is 16.8. The largest absolute Gasteiger partial charge is 0.395 e. The average Bonchev–Trinajstić information content (AvgIpc) is 3.41. The lowest BCUT2D eigenvalue weighted by atomic mass is 9.70. The van der Waals surface area contributed by atoms with Crippen LogP contribution in [0.25, 0.3) is 0 Å². The van der Waals surface area contributed by atoms with Gasteiger partial charge in [0, 0.05) is 17.1 Å². The number of fused-ring (bicyclic) bond motifs is 1. The Morgan fingerprint density at radius 1 is 1.17 bits per heavy atom. The van der Waals surface area contributed by atoms with Crippen LogP contribution in [0.15, 0.2) is 48.5 Å². The van der Waals surface area contributed by atoms with Gasteiger partial charge in [-0.15, -0.1) is 0 Å². The molecule has 3 unspecified atom stereocenters. The summed E-state index contributed by atoms with van der Waals surface area (Å²) in [6.07, 6.45) is -0.189. The highest BCUT2D eigenvalue weighted by molar-refractivity contribution is 9.09. The number of nitrogens with one attached hydrogen (secondary N) is 2. The number of anilines is 2. The summed E-state index contributed by atoms with van der Waals surface area (Å²) in [5.74, 6) is -2.81. The summed E-state index contributed by atoms with van der Waals surface area (Å²) in [5.41, 5.74) is 0.634. The summed E-state index contributed by atoms with van der Waals surface area (Å²) in [4.78, 5) is 41.9. The summed E-state index contributed by atoms with van der Waals surface area (Å²) >= 11 is 9.96. The number of alkyl halides is 1. The Morgan fingerprint density at radius 2 is 1.91 bits per heavy atom. The lowest BCUT2D eigenvalue weighted by Gasteiger charge is -2.34. The second-order valence-electron chi connectivity index (χ2n) is 9.20. The van der Waals surface area contributed by atoms with Crippen molar-refractivity contribution in [2.24, 2.45) is 11.8 Å². The van der Waals surface area contributed by atoms with Gasteiger partial charge in [-0.05, 0) is 37.1 Å². The van der Waals surface area contributed by atoms with Gasteiger partial charge < -0.3 is 25.4 Å². The second-order valence-corrected chi connectivity index (χ2v) is 10.8. The summed E-state index contributed by atoms with van der Waals surface area (Å²) in [6.45, 7) is 1.44. The molecule has 5 rings (SSSR count). The second kappa shape index (κ2) is 9.20. The molecule has 2 aromatic carbocycles. The molecule has 3 aliphatic heterocycles. The van der Waals surface area contributed by atoms with Crippen molar-refractivity contribution in [2.45, 2.75) is 35.9 Å². The van der Waals surface area contributed by atoms with E-state index in [1.54, 1.807) is 24.3 Å². The van der Waals surface area contributed by atoms with E-state index in [0.29, 0.717) is 22.8 Å². The lowest BCUT2D eigenvalue weighted by molar-refractivity contribution is -0.140. The smallest absolute Gasteiger partial charge is 0.250 e. The third kappa shape index (κ3) is 3.85. The molecule has 10 heteroatoms. The van der Waals surface area contributed by atoms with Gasteiger partial charge >= 0.3 is 0 Å². The lowest BCUT2D eigenvalue weighted by Crippen LogP contribution is -2.54. The fourth-order valence-corrected chi connectivity index (χ4v) is 7.02. The SMILES string of the molecule is Cc1cccc(Cl)c1NC(=O)C1N(CCO)C(=O)[C@@H]2[C@@H](C(=O)Nc3ccccc3)[C@@H]3OC12CC3Br. The minimum absolute atomic E-state index is 0.0509. The number of benzene rings is 2. The predicted octanol–water partition coefficient (Wildman–Crippen LogP) is 2.97. The first-order valence-corrected chi connectivity index (χ1v) is 12.7. The van der Waals surface area contributed by atoms with Crippen LogP contribution in [0.4, 0.5) is 11.4 Å². The number of hydrogen-bond acceptors (Lipinski definition) is 5. The van der Waals surface area contributed by atoms with Crippen molar-refractivity contribution in [1.82, 2.24) is 4.90 Å². The zero-order valence-electron chi connectivity index (χ0n) is 18.9. The Hall–Kier alpha value is -2.46. The standard InChI is InChI=1S/C25H25BrClN3O5/c1-13-6-5-9-16(27)19(13)29-23(33)21-25-12-15(26)20(35-25)17(18(25)24(34)30(21)10-11-31)22(32)28-14-7-3-2-4-8-14/h2-9,15,17-18,20-21,31H,10-12H2,1H3,(H,28,32)(H,29,33)/t15?,17-,18+,20-,21?,25?/m1/s1. The van der Waals surface area contributed by atoms with Crippen LogP contribution in [0.2, 0.25) is 5.02 Å². The number of likely N-dealkylation sites (tertiary alicyclic amines) is 1. The summed E-state index contributed by atoms with van der Waals surface area (Å²) < 4.78 is 6.40. The van der Waals surface area contributed by atoms with Gasteiger partial charge in [0.25, 0.3) is 0 Å². The number of para-hydroxylation sites is 2. The first-order valence-electron chi connectivity index (χ1n) is 11.4. The average molecular weight is 563 g/mol. The molecule has 3 heterocycles. The van der Waals surface area contributed by atoms with Crippen LogP contribution in [0.5, 0.6) is 0 Å². The van der Waals surface area contributed by atoms with E-state index in [4.69, 9.17) is 16.3 Å². The van der Waals surface area contributed by atoms with Gasteiger partial charge in [-0.25, -0.2) is 0 Å². The van der Waals surface area contributed by atoms with E-state index >= 15 is 0 Å². The topological polar surface area (TPSA) is 108 Å². The molecular formula is C25H25BrClN3O5. The Bertz CT molecular complexity index is 1160. The number of aryl methyl sites for hydroxylation is 1. The van der Waals surface area contributed by atoms with Crippen LogP contribution < -0.4 is 10.6 Å². The van der Waals surface area contributed by atoms with Crippen molar-refractivity contribution in [3.05, 3.63) is 59.1 Å². The monoisotopic (exact) mass is 561 g/mol. The van der Waals surface area contributed by atoms with E-state index in [-0.39, 0.29) is 29.8 Å². The van der Waals surface area contributed by atoms with E-state index in [1.807, 2.05) is 31.2 Å². The van der Waals surface area contributed by atoms with Crippen molar-refractivity contribution in [1.29, 1.82) is 0 Å². The molecule has 1 spiro atoms. The molecule has 3 amide bonds. The summed E-state index contributed by atoms with van der Waals surface area (Å²) in [6, 6.07) is 13.3. The number of carbonyl (C=O) groups is 3. The van der Waals surface area contributed by atoms with Crippen LogP contribution in [0.3, 0.4) is 0 Å². The van der Waals surface area contributed by atoms with Crippen LogP contribution in [-0.2, 0) is 19.1 Å². The van der Waals surface area contributed by atoms with Gasteiger partial charge in [0.1, 0.15) is 11.6 Å². The Kier molecular flexibility index (Phi) is 6.37. The van der Waals surface area contributed by atoms with Crippen molar-refractivity contribution in [3.8, 4) is 0 Å². The molecule has 184 valence electrons. The number of halogens is 2. The van der Waals surface area contributed by atoms with Crippen LogP contribution in [0, 0.1) is 18.8 Å². The molecular weight excluding hydrogens is 538 g/mol. The van der Waals surface area contributed by atoms with E-state index in [0.717, 1.165) is 5.56 Å². The van der Waals surface area contributed by atoms with E-state index in [1.165, 1.54) is 4.90 Å². The maximum atomic E-state index is 13.7. The molecule has 6 atom stereocenters. The number of rotatable bonds is 6. The number of nitrogens with zero attached hydrogens (tertiary/aromatic N) is 1. The zero-order valence-corrected chi connectivity index (χ0v) is 21.3. The highest BCUT2D eigenvalue weighted by Crippen LogP contribution is 2.60. The third-order valence-electron chi connectivity index (χ3n) is 7.19. The van der Waals surface area contributed by atoms with E-state index in [9.17, 15) is 19.5 Å². The maximum absolute atomic E-state index is 13.7. The maximum Gasteiger partial charge on any atom is 0.250 e. The Balaban J connectivity index is 1.50. The third-order valence-corrected chi connectivity index (χ3v) is 8.35. The van der Waals surface area contributed by atoms with Crippen LogP contribution in [0.1, 0.15) is 12.0 Å². The summed E-state index contributed by atoms with van der Waals surface area (Å²) in [5, 5.41) is 15.8. The molecule has 2 bridgehead atoms. The quantitative estimate of drug-likeness (QED) is 0.469. The fraction of sp³-hybridized carbons (Fsp3) is 0.400. The molecule has 8 nitrogen and oxygen atoms in total. The molecule has 3 N–H and O–H groups in total. The van der Waals surface area contributed by atoms with Crippen molar-refractivity contribution in [2.75, 3.05) is 23.8 Å². The van der Waals surface area contributed by atoms with Gasteiger partial charge in [0.15, 0.2) is 0 Å². The summed E-state index contributed by atoms with van der Waals surface area (Å²) in [7, 11) is 0. The predicted molar refractivity (Wildman–Crippen MR) is 134 cm³/mol. The minimum atomic E-state index is -1.21. The molecule has 0 saturated carbocycles. The Labute approximate surface area is 216 Å².